The van der Waals surface area contributed by atoms with E-state index in [0.717, 1.165) is 0 Å². The SMILES string of the molecule is CCP(CC)CCSCCP(CC)CC.[Cl][Cr]([Cl])[Cl]. The van der Waals surface area contributed by atoms with Crippen molar-refractivity contribution in [1.29, 1.82) is 0 Å². The Morgan fingerprint density at radius 2 is 1.00 bits per heavy atom. The first-order valence-electron chi connectivity index (χ1n) is 6.77. The molecule has 0 saturated heterocycles. The van der Waals surface area contributed by atoms with Crippen LogP contribution >= 0.6 is 57.8 Å². The van der Waals surface area contributed by atoms with Gasteiger partial charge in [0.1, 0.15) is 0 Å². The van der Waals surface area contributed by atoms with E-state index in [1.54, 1.807) is 0 Å². The van der Waals surface area contributed by atoms with Crippen molar-refractivity contribution in [2.45, 2.75) is 27.7 Å². The van der Waals surface area contributed by atoms with Crippen LogP contribution in [0.4, 0.5) is 0 Å². The number of rotatable bonds is 10. The fourth-order valence-corrected chi connectivity index (χ4v) is 7.03. The van der Waals surface area contributed by atoms with Gasteiger partial charge in [0, 0.05) is 0 Å². The Kier molecular flexibility index (Phi) is 23.4. The molecule has 0 heterocycles. The van der Waals surface area contributed by atoms with E-state index in [0.29, 0.717) is 15.8 Å². The third-order valence-electron chi connectivity index (χ3n) is 2.89. The third kappa shape index (κ3) is 20.6. The van der Waals surface area contributed by atoms with Crippen LogP contribution in [0.2, 0.25) is 0 Å². The minimum absolute atomic E-state index is 0.389. The number of hydrogen-bond donors (Lipinski definition) is 0. The molecule has 0 spiro atoms. The molecule has 0 aromatic heterocycles. The molecular formula is C12H28Cl3CrP2S. The molecule has 0 atom stereocenters. The topological polar surface area (TPSA) is 0 Å². The van der Waals surface area contributed by atoms with Gasteiger partial charge in [-0.1, -0.05) is 27.7 Å². The Morgan fingerprint density at radius 1 is 0.737 bits per heavy atom. The Labute approximate surface area is 144 Å². The number of halogens is 3. The van der Waals surface area contributed by atoms with Crippen LogP contribution < -0.4 is 0 Å². The Balaban J connectivity index is 0. The Morgan fingerprint density at radius 3 is 1.21 bits per heavy atom. The monoisotopic (exact) mass is 423 g/mol. The normalized spacial score (nSPS) is 11.1. The minimum atomic E-state index is -1.62. The predicted octanol–water partition coefficient (Wildman–Crippen LogP) is 6.83. The van der Waals surface area contributed by atoms with Gasteiger partial charge in [-0.2, -0.15) is 11.8 Å². The van der Waals surface area contributed by atoms with Gasteiger partial charge in [-0.15, -0.1) is 15.8 Å². The maximum absolute atomic E-state index is 4.93. The predicted molar refractivity (Wildman–Crippen MR) is 101 cm³/mol. The summed E-state index contributed by atoms with van der Waals surface area (Å²) in [4.78, 5) is 0. The molecule has 0 nitrogen and oxygen atoms in total. The molecule has 0 aromatic rings. The fourth-order valence-electron chi connectivity index (χ4n) is 1.57. The molecule has 119 valence electrons. The zero-order valence-electron chi connectivity index (χ0n) is 12.5. The van der Waals surface area contributed by atoms with Crippen LogP contribution in [0.15, 0.2) is 0 Å². The van der Waals surface area contributed by atoms with E-state index in [2.05, 4.69) is 39.5 Å². The summed E-state index contributed by atoms with van der Waals surface area (Å²) in [7, 11) is 15.6. The second-order valence-corrected chi connectivity index (χ2v) is 17.5. The number of hydrogen-bond acceptors (Lipinski definition) is 1. The molecule has 0 N–H and O–H groups in total. The van der Waals surface area contributed by atoms with Crippen LogP contribution in [-0.4, -0.2) is 48.5 Å². The molecule has 0 amide bonds. The Bertz CT molecular complexity index is 154. The van der Waals surface area contributed by atoms with Crippen molar-refractivity contribution in [3.8, 4) is 0 Å². The molecule has 0 aliphatic carbocycles. The van der Waals surface area contributed by atoms with Crippen LogP contribution in [0.1, 0.15) is 27.7 Å². The molecule has 0 bridgehead atoms. The second-order valence-electron chi connectivity index (χ2n) is 3.84. The summed E-state index contributed by atoms with van der Waals surface area (Å²) in [6.45, 7) is 9.42. The van der Waals surface area contributed by atoms with Gasteiger partial charge in [0.25, 0.3) is 0 Å². The molecule has 0 unspecified atom stereocenters. The van der Waals surface area contributed by atoms with Crippen LogP contribution in [0.3, 0.4) is 0 Å². The summed E-state index contributed by atoms with van der Waals surface area (Å²) in [6, 6.07) is 0. The molecular weight excluding hydrogens is 397 g/mol. The van der Waals surface area contributed by atoms with E-state index in [1.807, 2.05) is 0 Å². The van der Waals surface area contributed by atoms with E-state index in [1.165, 1.54) is 48.5 Å². The average molecular weight is 425 g/mol. The molecule has 19 heavy (non-hydrogen) atoms. The van der Waals surface area contributed by atoms with Crippen molar-refractivity contribution in [2.75, 3.05) is 48.5 Å². The fraction of sp³-hybridized carbons (Fsp3) is 1.00. The summed E-state index contributed by atoms with van der Waals surface area (Å²) in [5, 5.41) is 0. The van der Waals surface area contributed by atoms with Gasteiger partial charge < -0.3 is 0 Å². The van der Waals surface area contributed by atoms with Gasteiger partial charge in [0.2, 0.25) is 0 Å². The first-order valence-corrected chi connectivity index (χ1v) is 17.0. The second kappa shape index (κ2) is 18.7. The van der Waals surface area contributed by atoms with Gasteiger partial charge >= 0.3 is 41.5 Å². The van der Waals surface area contributed by atoms with Gasteiger partial charge in [0.15, 0.2) is 0 Å². The van der Waals surface area contributed by atoms with Crippen molar-refractivity contribution in [3.05, 3.63) is 0 Å². The van der Waals surface area contributed by atoms with Crippen LogP contribution in [0, 0.1) is 0 Å². The summed E-state index contributed by atoms with van der Waals surface area (Å²) in [6.07, 6.45) is 8.74. The van der Waals surface area contributed by atoms with Gasteiger partial charge in [0.05, 0.1) is 0 Å². The van der Waals surface area contributed by atoms with E-state index in [4.69, 9.17) is 30.1 Å². The van der Waals surface area contributed by atoms with Gasteiger partial charge in [-0.3, -0.25) is 0 Å². The van der Waals surface area contributed by atoms with E-state index in [9.17, 15) is 0 Å². The summed E-state index contributed by atoms with van der Waals surface area (Å²) in [5.74, 6) is 2.84. The van der Waals surface area contributed by atoms with Crippen molar-refractivity contribution in [3.63, 3.8) is 0 Å². The number of thioether (sulfide) groups is 1. The van der Waals surface area contributed by atoms with Crippen molar-refractivity contribution in [2.24, 2.45) is 0 Å². The van der Waals surface area contributed by atoms with Gasteiger partial charge in [-0.05, 0) is 48.5 Å². The molecule has 0 rings (SSSR count). The zero-order valence-corrected chi connectivity index (χ0v) is 18.6. The molecule has 0 fully saturated rings. The van der Waals surface area contributed by atoms with Gasteiger partial charge in [-0.25, -0.2) is 0 Å². The molecule has 7 heteroatoms. The van der Waals surface area contributed by atoms with Crippen molar-refractivity contribution < 1.29 is 11.4 Å². The molecule has 0 aromatic carbocycles. The molecule has 0 saturated carbocycles. The average Bonchev–Trinajstić information content (AvgIpc) is 2.38. The molecule has 0 aliphatic heterocycles. The quantitative estimate of drug-likeness (QED) is 0.273. The van der Waals surface area contributed by atoms with Crippen LogP contribution in [0.5, 0.6) is 0 Å². The Hall–Kier alpha value is 2.61. The van der Waals surface area contributed by atoms with E-state index < -0.39 is 11.4 Å². The van der Waals surface area contributed by atoms with Crippen molar-refractivity contribution >= 4 is 57.8 Å². The van der Waals surface area contributed by atoms with Crippen molar-refractivity contribution in [1.82, 2.24) is 0 Å². The standard InChI is InChI=1S/C12H28P2S.3ClH.Cr/c1-5-13(6-2)9-11-15-12-10-14(7-3)8-4;;;;/h5-12H2,1-4H3;3*1H;/q;;;;+3/p-3. The zero-order chi connectivity index (χ0) is 15.1. The first-order chi connectivity index (χ1) is 9.01. The van der Waals surface area contributed by atoms with E-state index in [-0.39, 0.29) is 0 Å². The summed E-state index contributed by atoms with van der Waals surface area (Å²) in [5.41, 5.74) is 0. The maximum atomic E-state index is 4.93. The van der Waals surface area contributed by atoms with Crippen LogP contribution in [-0.2, 0) is 11.4 Å². The molecule has 0 radical (unpaired) electrons. The summed E-state index contributed by atoms with van der Waals surface area (Å²) >= 11 is 0.579. The first kappa shape index (κ1) is 23.9. The third-order valence-corrected chi connectivity index (χ3v) is 9.77. The molecule has 0 aliphatic rings. The van der Waals surface area contributed by atoms with Crippen LogP contribution in [0.25, 0.3) is 0 Å². The summed E-state index contributed by atoms with van der Waals surface area (Å²) < 4.78 is 0. The van der Waals surface area contributed by atoms with E-state index >= 15 is 0 Å².